The molecule has 3 aromatic carbocycles. The molecule has 0 spiro atoms. The maximum atomic E-state index is 12.8. The Morgan fingerprint density at radius 2 is 1.51 bits per heavy atom. The largest absolute Gasteiger partial charge is 0.416 e. The fraction of sp³-hybridized carbons (Fsp3) is 0.321. The zero-order valence-corrected chi connectivity index (χ0v) is 19.6. The topological polar surface area (TPSA) is 44.4 Å². The summed E-state index contributed by atoms with van der Waals surface area (Å²) in [5, 5.41) is 6.23. The van der Waals surface area contributed by atoms with E-state index in [1.807, 2.05) is 36.4 Å². The summed E-state index contributed by atoms with van der Waals surface area (Å²) in [6.07, 6.45) is -3.71. The van der Waals surface area contributed by atoms with Crippen LogP contribution in [0.3, 0.4) is 0 Å². The van der Waals surface area contributed by atoms with Gasteiger partial charge in [-0.25, -0.2) is 0 Å². The third-order valence-electron chi connectivity index (χ3n) is 6.65. The van der Waals surface area contributed by atoms with Crippen LogP contribution in [0.15, 0.2) is 84.9 Å². The summed E-state index contributed by atoms with van der Waals surface area (Å²) in [6, 6.07) is 25.5. The van der Waals surface area contributed by atoms with Crippen molar-refractivity contribution in [2.45, 2.75) is 37.1 Å². The second-order valence-electron chi connectivity index (χ2n) is 8.97. The van der Waals surface area contributed by atoms with E-state index in [0.717, 1.165) is 17.7 Å². The van der Waals surface area contributed by atoms with Crippen LogP contribution in [0.4, 0.5) is 13.2 Å². The number of amides is 1. The molecule has 1 amide bonds. The Kier molecular flexibility index (Phi) is 7.88. The van der Waals surface area contributed by atoms with Gasteiger partial charge in [-0.3, -0.25) is 9.69 Å². The highest BCUT2D eigenvalue weighted by atomic mass is 19.4. The number of halogens is 3. The van der Waals surface area contributed by atoms with E-state index in [1.54, 1.807) is 7.05 Å². The normalized spacial score (nSPS) is 18.7. The standard InChI is InChI=1S/C28H30F3N3O/c1-32-27(35)26-16-24(33-17-20-12-14-23(15-13-20)28(29,30)31)18-34(26)19-25(21-8-4-2-5-9-21)22-10-6-3-7-11-22/h2-15,24-26,33H,16-19H2,1H3,(H,32,35)/t24-,26-/m0/s1. The Bertz CT molecular complexity index is 1050. The Morgan fingerprint density at radius 1 is 0.943 bits per heavy atom. The van der Waals surface area contributed by atoms with Crippen molar-refractivity contribution >= 4 is 5.91 Å². The highest BCUT2D eigenvalue weighted by Crippen LogP contribution is 2.30. The van der Waals surface area contributed by atoms with Gasteiger partial charge < -0.3 is 10.6 Å². The molecular weight excluding hydrogens is 451 g/mol. The quantitative estimate of drug-likeness (QED) is 0.485. The van der Waals surface area contributed by atoms with Gasteiger partial charge in [-0.2, -0.15) is 13.2 Å². The summed E-state index contributed by atoms with van der Waals surface area (Å²) < 4.78 is 38.5. The number of likely N-dealkylation sites (N-methyl/N-ethyl adjacent to an activating group) is 1. The molecule has 0 saturated carbocycles. The number of carbonyl (C=O) groups is 1. The molecule has 4 nitrogen and oxygen atoms in total. The summed E-state index contributed by atoms with van der Waals surface area (Å²) in [7, 11) is 1.65. The predicted octanol–water partition coefficient (Wildman–Crippen LogP) is 4.82. The third-order valence-corrected chi connectivity index (χ3v) is 6.65. The molecular formula is C28H30F3N3O. The van der Waals surface area contributed by atoms with Crippen LogP contribution in [0.1, 0.15) is 34.6 Å². The van der Waals surface area contributed by atoms with Crippen LogP contribution < -0.4 is 10.6 Å². The predicted molar refractivity (Wildman–Crippen MR) is 131 cm³/mol. The SMILES string of the molecule is CNC(=O)[C@@H]1C[C@H](NCc2ccc(C(F)(F)F)cc2)CN1CC(c1ccccc1)c1ccccc1. The molecule has 2 N–H and O–H groups in total. The highest BCUT2D eigenvalue weighted by Gasteiger charge is 2.37. The lowest BCUT2D eigenvalue weighted by molar-refractivity contribution is -0.137. The monoisotopic (exact) mass is 481 g/mol. The molecule has 3 aromatic rings. The van der Waals surface area contributed by atoms with Crippen LogP contribution in [-0.2, 0) is 17.5 Å². The molecule has 35 heavy (non-hydrogen) atoms. The Morgan fingerprint density at radius 3 is 2.03 bits per heavy atom. The van der Waals surface area contributed by atoms with Crippen molar-refractivity contribution in [3.05, 3.63) is 107 Å². The van der Waals surface area contributed by atoms with Gasteiger partial charge in [0.15, 0.2) is 0 Å². The van der Waals surface area contributed by atoms with Crippen LogP contribution in [0.25, 0.3) is 0 Å². The third kappa shape index (κ3) is 6.29. The van der Waals surface area contributed by atoms with Crippen LogP contribution in [-0.4, -0.2) is 43.0 Å². The van der Waals surface area contributed by atoms with E-state index in [2.05, 4.69) is 39.8 Å². The van der Waals surface area contributed by atoms with Crippen molar-refractivity contribution in [3.8, 4) is 0 Å². The van der Waals surface area contributed by atoms with Gasteiger partial charge in [-0.15, -0.1) is 0 Å². The van der Waals surface area contributed by atoms with Crippen molar-refractivity contribution in [3.63, 3.8) is 0 Å². The van der Waals surface area contributed by atoms with Gasteiger partial charge in [0.05, 0.1) is 11.6 Å². The van der Waals surface area contributed by atoms with Gasteiger partial charge >= 0.3 is 6.18 Å². The van der Waals surface area contributed by atoms with Crippen molar-refractivity contribution in [2.75, 3.05) is 20.1 Å². The van der Waals surface area contributed by atoms with E-state index >= 15 is 0 Å². The molecule has 2 atom stereocenters. The number of likely N-dealkylation sites (tertiary alicyclic amines) is 1. The summed E-state index contributed by atoms with van der Waals surface area (Å²) in [4.78, 5) is 15.0. The Labute approximate surface area is 204 Å². The highest BCUT2D eigenvalue weighted by molar-refractivity contribution is 5.81. The zero-order valence-electron chi connectivity index (χ0n) is 19.6. The van der Waals surface area contributed by atoms with Gasteiger partial charge in [-0.1, -0.05) is 72.8 Å². The van der Waals surface area contributed by atoms with E-state index in [-0.39, 0.29) is 23.9 Å². The van der Waals surface area contributed by atoms with Crippen LogP contribution >= 0.6 is 0 Å². The molecule has 184 valence electrons. The van der Waals surface area contributed by atoms with E-state index in [0.29, 0.717) is 26.1 Å². The summed E-state index contributed by atoms with van der Waals surface area (Å²) in [5.74, 6) is 0.0851. The minimum Gasteiger partial charge on any atom is -0.358 e. The average Bonchev–Trinajstić information content (AvgIpc) is 3.29. The minimum atomic E-state index is -4.34. The second-order valence-corrected chi connectivity index (χ2v) is 8.97. The molecule has 1 aliphatic rings. The summed E-state index contributed by atoms with van der Waals surface area (Å²) in [5.41, 5.74) is 2.51. The zero-order chi connectivity index (χ0) is 24.8. The fourth-order valence-corrected chi connectivity index (χ4v) is 4.77. The molecule has 0 aliphatic carbocycles. The van der Waals surface area contributed by atoms with Crippen molar-refractivity contribution in [1.29, 1.82) is 0 Å². The lowest BCUT2D eigenvalue weighted by atomic mass is 9.90. The molecule has 4 rings (SSSR count). The molecule has 0 unspecified atom stereocenters. The summed E-state index contributed by atoms with van der Waals surface area (Å²) >= 11 is 0. The van der Waals surface area contributed by atoms with Gasteiger partial charge in [-0.05, 0) is 35.2 Å². The number of carbonyl (C=O) groups excluding carboxylic acids is 1. The molecule has 1 aliphatic heterocycles. The number of nitrogens with one attached hydrogen (secondary N) is 2. The summed E-state index contributed by atoms with van der Waals surface area (Å²) in [6.45, 7) is 1.80. The first kappa shape index (κ1) is 24.9. The van der Waals surface area contributed by atoms with Crippen LogP contribution in [0.5, 0.6) is 0 Å². The molecule has 0 aromatic heterocycles. The number of alkyl halides is 3. The first-order chi connectivity index (χ1) is 16.8. The number of nitrogens with zero attached hydrogens (tertiary/aromatic N) is 1. The van der Waals surface area contributed by atoms with Crippen molar-refractivity contribution in [1.82, 2.24) is 15.5 Å². The lowest BCUT2D eigenvalue weighted by Crippen LogP contribution is -2.43. The van der Waals surface area contributed by atoms with E-state index in [4.69, 9.17) is 0 Å². The van der Waals surface area contributed by atoms with Gasteiger partial charge in [0.25, 0.3) is 0 Å². The Balaban J connectivity index is 1.47. The average molecular weight is 482 g/mol. The maximum Gasteiger partial charge on any atom is 0.416 e. The number of hydrogen-bond acceptors (Lipinski definition) is 3. The van der Waals surface area contributed by atoms with Crippen LogP contribution in [0.2, 0.25) is 0 Å². The maximum absolute atomic E-state index is 12.8. The van der Waals surface area contributed by atoms with E-state index < -0.39 is 11.7 Å². The number of hydrogen-bond donors (Lipinski definition) is 2. The molecule has 0 radical (unpaired) electrons. The first-order valence-corrected chi connectivity index (χ1v) is 11.8. The number of rotatable bonds is 8. The fourth-order valence-electron chi connectivity index (χ4n) is 4.77. The van der Waals surface area contributed by atoms with E-state index in [1.165, 1.54) is 23.3 Å². The van der Waals surface area contributed by atoms with Crippen molar-refractivity contribution < 1.29 is 18.0 Å². The van der Waals surface area contributed by atoms with E-state index in [9.17, 15) is 18.0 Å². The van der Waals surface area contributed by atoms with Gasteiger partial charge in [0, 0.05) is 38.6 Å². The van der Waals surface area contributed by atoms with Crippen LogP contribution in [0, 0.1) is 0 Å². The molecule has 1 heterocycles. The second kappa shape index (κ2) is 11.1. The Hall–Kier alpha value is -3.16. The van der Waals surface area contributed by atoms with Gasteiger partial charge in [0.2, 0.25) is 5.91 Å². The van der Waals surface area contributed by atoms with Crippen molar-refractivity contribution in [2.24, 2.45) is 0 Å². The lowest BCUT2D eigenvalue weighted by Gasteiger charge is -2.28. The molecule has 7 heteroatoms. The molecule has 1 saturated heterocycles. The van der Waals surface area contributed by atoms with Gasteiger partial charge in [0.1, 0.15) is 0 Å². The minimum absolute atomic E-state index is 0.0243. The first-order valence-electron chi connectivity index (χ1n) is 11.8. The smallest absolute Gasteiger partial charge is 0.358 e. The molecule has 1 fully saturated rings. The number of benzene rings is 3. The molecule has 0 bridgehead atoms.